The number of hydrogen-bond donors (Lipinski definition) is 2. The lowest BCUT2D eigenvalue weighted by atomic mass is 10.00. The fraction of sp³-hybridized carbons (Fsp3) is 1.00. The summed E-state index contributed by atoms with van der Waals surface area (Å²) < 4.78 is 11.2. The Bertz CT molecular complexity index is 235. The lowest BCUT2D eigenvalue weighted by Crippen LogP contribution is -2.44. The van der Waals surface area contributed by atoms with Crippen LogP contribution in [-0.4, -0.2) is 49.2 Å². The molecule has 1 aliphatic heterocycles. The third-order valence-corrected chi connectivity index (χ3v) is 3.70. The van der Waals surface area contributed by atoms with Crippen LogP contribution in [-0.2, 0) is 9.47 Å². The molecule has 1 aliphatic carbocycles. The van der Waals surface area contributed by atoms with Crippen LogP contribution in [0.15, 0.2) is 0 Å². The molecule has 4 heteroatoms. The first-order valence-corrected chi connectivity index (χ1v) is 7.28. The van der Waals surface area contributed by atoms with Gasteiger partial charge in [0.05, 0.1) is 24.9 Å². The van der Waals surface area contributed by atoms with Crippen LogP contribution in [0, 0.1) is 5.92 Å². The Hall–Kier alpha value is -0.160. The molecule has 1 saturated carbocycles. The molecule has 2 fully saturated rings. The van der Waals surface area contributed by atoms with Crippen molar-refractivity contribution in [3.05, 3.63) is 0 Å². The van der Waals surface area contributed by atoms with Crippen LogP contribution in [0.1, 0.15) is 39.5 Å². The first kappa shape index (κ1) is 14.3. The summed E-state index contributed by atoms with van der Waals surface area (Å²) in [4.78, 5) is 0. The number of ether oxygens (including phenoxy) is 2. The molecule has 0 spiro atoms. The van der Waals surface area contributed by atoms with Gasteiger partial charge in [-0.3, -0.25) is 0 Å². The number of hydrogen-bond acceptors (Lipinski definition) is 4. The highest BCUT2D eigenvalue weighted by Crippen LogP contribution is 2.28. The van der Waals surface area contributed by atoms with Crippen molar-refractivity contribution in [3.63, 3.8) is 0 Å². The molecule has 3 unspecified atom stereocenters. The van der Waals surface area contributed by atoms with E-state index in [1.165, 1.54) is 12.8 Å². The van der Waals surface area contributed by atoms with Crippen LogP contribution in [0.4, 0.5) is 0 Å². The van der Waals surface area contributed by atoms with E-state index >= 15 is 0 Å². The molecule has 2 rings (SSSR count). The topological polar surface area (TPSA) is 50.7 Å². The Morgan fingerprint density at radius 2 is 1.94 bits per heavy atom. The van der Waals surface area contributed by atoms with Crippen molar-refractivity contribution in [2.24, 2.45) is 5.92 Å². The SMILES string of the molecule is CC1CC(NCC(O)COCC2CC2)CC(C)O1. The summed E-state index contributed by atoms with van der Waals surface area (Å²) in [5.74, 6) is 0.766. The predicted octanol–water partition coefficient (Wildman–Crippen LogP) is 1.32. The second-order valence-corrected chi connectivity index (χ2v) is 5.97. The maximum Gasteiger partial charge on any atom is 0.0897 e. The van der Waals surface area contributed by atoms with E-state index < -0.39 is 6.10 Å². The molecule has 3 atom stereocenters. The van der Waals surface area contributed by atoms with Gasteiger partial charge in [0.15, 0.2) is 0 Å². The lowest BCUT2D eigenvalue weighted by molar-refractivity contribution is -0.0447. The molecule has 2 aliphatic rings. The number of aliphatic hydroxyl groups excluding tert-OH is 1. The summed E-state index contributed by atoms with van der Waals surface area (Å²) in [5.41, 5.74) is 0. The van der Waals surface area contributed by atoms with Crippen molar-refractivity contribution in [2.75, 3.05) is 19.8 Å². The minimum absolute atomic E-state index is 0.314. The third-order valence-electron chi connectivity index (χ3n) is 3.70. The zero-order valence-corrected chi connectivity index (χ0v) is 11.6. The van der Waals surface area contributed by atoms with Gasteiger partial charge < -0.3 is 19.9 Å². The zero-order chi connectivity index (χ0) is 13.0. The van der Waals surface area contributed by atoms with Gasteiger partial charge in [-0.25, -0.2) is 0 Å². The second-order valence-electron chi connectivity index (χ2n) is 5.97. The van der Waals surface area contributed by atoms with E-state index in [0.29, 0.717) is 31.4 Å². The molecule has 18 heavy (non-hydrogen) atoms. The van der Waals surface area contributed by atoms with Crippen molar-refractivity contribution in [1.29, 1.82) is 0 Å². The van der Waals surface area contributed by atoms with E-state index in [-0.39, 0.29) is 0 Å². The molecule has 1 saturated heterocycles. The van der Waals surface area contributed by atoms with E-state index in [1.807, 2.05) is 0 Å². The van der Waals surface area contributed by atoms with Crippen LogP contribution in [0.2, 0.25) is 0 Å². The Balaban J connectivity index is 1.54. The first-order chi connectivity index (χ1) is 8.63. The molecule has 0 bridgehead atoms. The Labute approximate surface area is 110 Å². The van der Waals surface area contributed by atoms with Crippen molar-refractivity contribution in [2.45, 2.75) is 63.9 Å². The van der Waals surface area contributed by atoms with E-state index in [0.717, 1.165) is 25.4 Å². The zero-order valence-electron chi connectivity index (χ0n) is 11.6. The van der Waals surface area contributed by atoms with Crippen LogP contribution in [0.5, 0.6) is 0 Å². The third kappa shape index (κ3) is 5.22. The molecule has 0 aromatic heterocycles. The van der Waals surface area contributed by atoms with Gasteiger partial charge in [0, 0.05) is 19.2 Å². The summed E-state index contributed by atoms with van der Waals surface area (Å²) >= 11 is 0. The highest BCUT2D eigenvalue weighted by atomic mass is 16.5. The van der Waals surface area contributed by atoms with Crippen molar-refractivity contribution < 1.29 is 14.6 Å². The maximum atomic E-state index is 9.83. The summed E-state index contributed by atoms with van der Waals surface area (Å²) in [6.07, 6.45) is 4.89. The predicted molar refractivity (Wildman–Crippen MR) is 70.6 cm³/mol. The van der Waals surface area contributed by atoms with Crippen molar-refractivity contribution >= 4 is 0 Å². The van der Waals surface area contributed by atoms with Gasteiger partial charge in [-0.05, 0) is 45.4 Å². The summed E-state index contributed by atoms with van der Waals surface area (Å²) in [5, 5.41) is 13.3. The monoisotopic (exact) mass is 257 g/mol. The van der Waals surface area contributed by atoms with Crippen molar-refractivity contribution in [1.82, 2.24) is 5.32 Å². The van der Waals surface area contributed by atoms with Gasteiger partial charge >= 0.3 is 0 Å². The van der Waals surface area contributed by atoms with Gasteiger partial charge in [-0.2, -0.15) is 0 Å². The summed E-state index contributed by atoms with van der Waals surface area (Å²) in [6, 6.07) is 0.460. The van der Waals surface area contributed by atoms with Crippen LogP contribution in [0.25, 0.3) is 0 Å². The Morgan fingerprint density at radius 1 is 1.28 bits per heavy atom. The fourth-order valence-corrected chi connectivity index (χ4v) is 2.59. The number of rotatable bonds is 7. The highest BCUT2D eigenvalue weighted by molar-refractivity contribution is 4.79. The van der Waals surface area contributed by atoms with E-state index in [9.17, 15) is 5.11 Å². The summed E-state index contributed by atoms with van der Waals surface area (Å²) in [6.45, 7) is 6.12. The number of aliphatic hydroxyl groups is 1. The molecule has 1 heterocycles. The van der Waals surface area contributed by atoms with Gasteiger partial charge in [0.1, 0.15) is 0 Å². The van der Waals surface area contributed by atoms with Crippen LogP contribution in [0.3, 0.4) is 0 Å². The Morgan fingerprint density at radius 3 is 2.56 bits per heavy atom. The molecule has 0 amide bonds. The minimum Gasteiger partial charge on any atom is -0.389 e. The molecule has 0 aromatic carbocycles. The average Bonchev–Trinajstić information content (AvgIpc) is 3.09. The van der Waals surface area contributed by atoms with E-state index in [1.54, 1.807) is 0 Å². The lowest BCUT2D eigenvalue weighted by Gasteiger charge is -2.33. The van der Waals surface area contributed by atoms with Gasteiger partial charge in [0.2, 0.25) is 0 Å². The van der Waals surface area contributed by atoms with Crippen molar-refractivity contribution in [3.8, 4) is 0 Å². The smallest absolute Gasteiger partial charge is 0.0897 e. The molecule has 2 N–H and O–H groups in total. The largest absolute Gasteiger partial charge is 0.389 e. The minimum atomic E-state index is -0.391. The summed E-state index contributed by atoms with van der Waals surface area (Å²) in [7, 11) is 0. The number of nitrogens with one attached hydrogen (secondary N) is 1. The molecular weight excluding hydrogens is 230 g/mol. The van der Waals surface area contributed by atoms with Gasteiger partial charge in [0.25, 0.3) is 0 Å². The molecule has 0 aromatic rings. The quantitative estimate of drug-likeness (QED) is 0.722. The van der Waals surface area contributed by atoms with Gasteiger partial charge in [-0.15, -0.1) is 0 Å². The molecule has 106 valence electrons. The van der Waals surface area contributed by atoms with E-state index in [4.69, 9.17) is 9.47 Å². The fourth-order valence-electron chi connectivity index (χ4n) is 2.59. The highest BCUT2D eigenvalue weighted by Gasteiger charge is 2.25. The Kier molecular flexibility index (Phi) is 5.42. The average molecular weight is 257 g/mol. The molecule has 4 nitrogen and oxygen atoms in total. The maximum absolute atomic E-state index is 9.83. The second kappa shape index (κ2) is 6.85. The van der Waals surface area contributed by atoms with E-state index in [2.05, 4.69) is 19.2 Å². The van der Waals surface area contributed by atoms with Crippen LogP contribution < -0.4 is 5.32 Å². The molecular formula is C14H27NO3. The van der Waals surface area contributed by atoms with Crippen LogP contribution >= 0.6 is 0 Å². The normalized spacial score (nSPS) is 34.5. The molecule has 0 radical (unpaired) electrons. The standard InChI is InChI=1S/C14H27NO3/c1-10-5-13(6-11(2)18-10)15-7-14(16)9-17-8-12-3-4-12/h10-16H,3-9H2,1-2H3. The van der Waals surface area contributed by atoms with Gasteiger partial charge in [-0.1, -0.05) is 0 Å². The first-order valence-electron chi connectivity index (χ1n) is 7.28.